The van der Waals surface area contributed by atoms with E-state index < -0.39 is 0 Å². The number of hydrogen-bond donors (Lipinski definition) is 1. The minimum Gasteiger partial charge on any atom is -0.359 e. The third kappa shape index (κ3) is 4.65. The summed E-state index contributed by atoms with van der Waals surface area (Å²) in [5, 5.41) is 3.51. The maximum atomic E-state index is 4.45. The van der Waals surface area contributed by atoms with E-state index in [2.05, 4.69) is 62.1 Å². The molecule has 0 saturated carbocycles. The minimum atomic E-state index is 0.388. The average Bonchev–Trinajstić information content (AvgIpc) is 2.35. The SMILES string of the molecule is CCCNC(C)c1ccnc(N(C)CC(C)C)c1. The molecule has 0 amide bonds. The van der Waals surface area contributed by atoms with E-state index in [1.165, 1.54) is 5.56 Å². The molecule has 1 heterocycles. The fourth-order valence-electron chi connectivity index (χ4n) is 2.03. The number of aromatic nitrogens is 1. The lowest BCUT2D eigenvalue weighted by Gasteiger charge is -2.22. The second-order valence-corrected chi connectivity index (χ2v) is 5.40. The molecule has 1 N–H and O–H groups in total. The smallest absolute Gasteiger partial charge is 0.128 e. The average molecular weight is 249 g/mol. The van der Waals surface area contributed by atoms with Gasteiger partial charge in [-0.05, 0) is 43.5 Å². The van der Waals surface area contributed by atoms with Crippen LogP contribution in [-0.4, -0.2) is 25.1 Å². The van der Waals surface area contributed by atoms with Crippen LogP contribution in [0.3, 0.4) is 0 Å². The van der Waals surface area contributed by atoms with Crippen LogP contribution in [0.5, 0.6) is 0 Å². The van der Waals surface area contributed by atoms with Gasteiger partial charge in [0.25, 0.3) is 0 Å². The van der Waals surface area contributed by atoms with Crippen molar-refractivity contribution >= 4 is 5.82 Å². The molecule has 1 unspecified atom stereocenters. The number of anilines is 1. The summed E-state index contributed by atoms with van der Waals surface area (Å²) in [7, 11) is 2.11. The molecule has 0 aromatic carbocycles. The van der Waals surface area contributed by atoms with E-state index in [4.69, 9.17) is 0 Å². The van der Waals surface area contributed by atoms with Gasteiger partial charge in [-0.3, -0.25) is 0 Å². The topological polar surface area (TPSA) is 28.2 Å². The minimum absolute atomic E-state index is 0.388. The molecular weight excluding hydrogens is 222 g/mol. The highest BCUT2D eigenvalue weighted by atomic mass is 15.2. The summed E-state index contributed by atoms with van der Waals surface area (Å²) in [6.45, 7) is 10.9. The van der Waals surface area contributed by atoms with Crippen LogP contribution in [0.1, 0.15) is 45.7 Å². The molecule has 0 aliphatic carbocycles. The molecule has 3 heteroatoms. The Bertz CT molecular complexity index is 349. The van der Waals surface area contributed by atoms with Crippen molar-refractivity contribution in [3.63, 3.8) is 0 Å². The Kier molecular flexibility index (Phi) is 6.13. The highest BCUT2D eigenvalue weighted by Gasteiger charge is 2.09. The van der Waals surface area contributed by atoms with Gasteiger partial charge < -0.3 is 10.2 Å². The zero-order valence-corrected chi connectivity index (χ0v) is 12.4. The van der Waals surface area contributed by atoms with Gasteiger partial charge >= 0.3 is 0 Å². The van der Waals surface area contributed by atoms with Gasteiger partial charge in [0.2, 0.25) is 0 Å². The monoisotopic (exact) mass is 249 g/mol. The van der Waals surface area contributed by atoms with Crippen LogP contribution < -0.4 is 10.2 Å². The van der Waals surface area contributed by atoms with Crippen LogP contribution in [0, 0.1) is 5.92 Å². The van der Waals surface area contributed by atoms with Crippen molar-refractivity contribution < 1.29 is 0 Å². The van der Waals surface area contributed by atoms with Crippen LogP contribution >= 0.6 is 0 Å². The lowest BCUT2D eigenvalue weighted by molar-refractivity contribution is 0.569. The lowest BCUT2D eigenvalue weighted by atomic mass is 10.1. The zero-order chi connectivity index (χ0) is 13.5. The standard InChI is InChI=1S/C15H27N3/c1-6-8-16-13(4)14-7-9-17-15(10-14)18(5)11-12(2)3/h7,9-10,12-13,16H,6,8,11H2,1-5H3. The van der Waals surface area contributed by atoms with E-state index in [9.17, 15) is 0 Å². The van der Waals surface area contributed by atoms with Gasteiger partial charge in [-0.15, -0.1) is 0 Å². The largest absolute Gasteiger partial charge is 0.359 e. The first-order valence-electron chi connectivity index (χ1n) is 6.95. The van der Waals surface area contributed by atoms with Gasteiger partial charge in [0.05, 0.1) is 0 Å². The Balaban J connectivity index is 2.72. The molecule has 102 valence electrons. The Hall–Kier alpha value is -1.09. The summed E-state index contributed by atoms with van der Waals surface area (Å²) < 4.78 is 0. The molecule has 1 aromatic rings. The number of hydrogen-bond acceptors (Lipinski definition) is 3. The molecule has 0 fully saturated rings. The molecule has 1 atom stereocenters. The zero-order valence-electron chi connectivity index (χ0n) is 12.4. The highest BCUT2D eigenvalue weighted by Crippen LogP contribution is 2.18. The van der Waals surface area contributed by atoms with E-state index >= 15 is 0 Å². The van der Waals surface area contributed by atoms with Crippen molar-refractivity contribution in [2.75, 3.05) is 25.0 Å². The third-order valence-electron chi connectivity index (χ3n) is 3.00. The first-order chi connectivity index (χ1) is 8.54. The quantitative estimate of drug-likeness (QED) is 0.804. The van der Waals surface area contributed by atoms with Crippen molar-refractivity contribution in [3.05, 3.63) is 23.9 Å². The number of nitrogens with one attached hydrogen (secondary N) is 1. The van der Waals surface area contributed by atoms with E-state index in [0.29, 0.717) is 12.0 Å². The molecular formula is C15H27N3. The molecule has 18 heavy (non-hydrogen) atoms. The molecule has 0 aliphatic heterocycles. The number of nitrogens with zero attached hydrogens (tertiary/aromatic N) is 2. The van der Waals surface area contributed by atoms with Gasteiger partial charge in [0, 0.05) is 25.8 Å². The number of rotatable bonds is 7. The number of pyridine rings is 1. The van der Waals surface area contributed by atoms with Crippen molar-refractivity contribution in [1.29, 1.82) is 0 Å². The maximum absolute atomic E-state index is 4.45. The molecule has 0 saturated heterocycles. The van der Waals surface area contributed by atoms with Crippen molar-refractivity contribution in [1.82, 2.24) is 10.3 Å². The van der Waals surface area contributed by atoms with Crippen LogP contribution in [0.15, 0.2) is 18.3 Å². The van der Waals surface area contributed by atoms with Gasteiger partial charge in [-0.2, -0.15) is 0 Å². The summed E-state index contributed by atoms with van der Waals surface area (Å²) in [5.74, 6) is 1.71. The summed E-state index contributed by atoms with van der Waals surface area (Å²) in [4.78, 5) is 6.68. The fraction of sp³-hybridized carbons (Fsp3) is 0.667. The molecule has 0 spiro atoms. The first kappa shape index (κ1) is 15.0. The predicted octanol–water partition coefficient (Wildman–Crippen LogP) is 3.23. The normalized spacial score (nSPS) is 12.8. The van der Waals surface area contributed by atoms with Gasteiger partial charge in [-0.25, -0.2) is 4.98 Å². The van der Waals surface area contributed by atoms with Crippen LogP contribution in [-0.2, 0) is 0 Å². The molecule has 3 nitrogen and oxygen atoms in total. The van der Waals surface area contributed by atoms with E-state index in [0.717, 1.165) is 25.3 Å². The summed E-state index contributed by atoms with van der Waals surface area (Å²) in [6, 6.07) is 4.68. The van der Waals surface area contributed by atoms with Crippen molar-refractivity contribution in [2.45, 2.75) is 40.2 Å². The van der Waals surface area contributed by atoms with Gasteiger partial charge in [0.15, 0.2) is 0 Å². The second kappa shape index (κ2) is 7.37. The summed E-state index contributed by atoms with van der Waals surface area (Å²) >= 11 is 0. The van der Waals surface area contributed by atoms with Crippen molar-refractivity contribution in [2.24, 2.45) is 5.92 Å². The van der Waals surface area contributed by atoms with E-state index in [1.807, 2.05) is 6.20 Å². The first-order valence-corrected chi connectivity index (χ1v) is 6.95. The summed E-state index contributed by atoms with van der Waals surface area (Å²) in [5.41, 5.74) is 1.31. The molecule has 0 bridgehead atoms. The highest BCUT2D eigenvalue weighted by molar-refractivity contribution is 5.40. The molecule has 0 aliphatic rings. The fourth-order valence-corrected chi connectivity index (χ4v) is 2.03. The molecule has 1 rings (SSSR count). The Morgan fingerprint density at radius 3 is 2.67 bits per heavy atom. The predicted molar refractivity (Wildman–Crippen MR) is 79.1 cm³/mol. The molecule has 1 aromatic heterocycles. The van der Waals surface area contributed by atoms with Crippen LogP contribution in [0.25, 0.3) is 0 Å². The van der Waals surface area contributed by atoms with E-state index in [-0.39, 0.29) is 0 Å². The van der Waals surface area contributed by atoms with Gasteiger partial charge in [0.1, 0.15) is 5.82 Å². The van der Waals surface area contributed by atoms with Gasteiger partial charge in [-0.1, -0.05) is 20.8 Å². The van der Waals surface area contributed by atoms with E-state index in [1.54, 1.807) is 0 Å². The van der Waals surface area contributed by atoms with Crippen LogP contribution in [0.2, 0.25) is 0 Å². The lowest BCUT2D eigenvalue weighted by Crippen LogP contribution is -2.24. The Morgan fingerprint density at radius 1 is 1.33 bits per heavy atom. The Labute approximate surface area is 112 Å². The second-order valence-electron chi connectivity index (χ2n) is 5.40. The summed E-state index contributed by atoms with van der Waals surface area (Å²) in [6.07, 6.45) is 3.07. The van der Waals surface area contributed by atoms with Crippen molar-refractivity contribution in [3.8, 4) is 0 Å². The van der Waals surface area contributed by atoms with Crippen LogP contribution in [0.4, 0.5) is 5.82 Å². The maximum Gasteiger partial charge on any atom is 0.128 e. The third-order valence-corrected chi connectivity index (χ3v) is 3.00. The molecule has 0 radical (unpaired) electrons. The Morgan fingerprint density at radius 2 is 2.06 bits per heavy atom.